The number of methoxy groups -OCH3 is 2. The van der Waals surface area contributed by atoms with Gasteiger partial charge in [-0.15, -0.1) is 0 Å². The molecule has 0 saturated carbocycles. The minimum Gasteiger partial charge on any atom is -0.493 e. The Kier molecular flexibility index (Phi) is 7.33. The number of piperidine rings is 1. The van der Waals surface area contributed by atoms with Gasteiger partial charge in [-0.2, -0.15) is 4.31 Å². The molecule has 1 saturated heterocycles. The van der Waals surface area contributed by atoms with E-state index in [-0.39, 0.29) is 16.0 Å². The van der Waals surface area contributed by atoms with Gasteiger partial charge in [-0.1, -0.05) is 11.6 Å². The first kappa shape index (κ1) is 20.3. The highest BCUT2D eigenvalue weighted by Crippen LogP contribution is 2.37. The number of hydrogen-bond donors (Lipinski definition) is 1. The van der Waals surface area contributed by atoms with Crippen molar-refractivity contribution in [2.24, 2.45) is 5.73 Å². The summed E-state index contributed by atoms with van der Waals surface area (Å²) < 4.78 is 43.3. The molecule has 0 amide bonds. The summed E-state index contributed by atoms with van der Waals surface area (Å²) in [7, 11) is -0.788. The van der Waals surface area contributed by atoms with Crippen LogP contribution in [0.4, 0.5) is 0 Å². The van der Waals surface area contributed by atoms with Crippen LogP contribution < -0.4 is 15.2 Å². The molecule has 1 aromatic carbocycles. The van der Waals surface area contributed by atoms with E-state index in [0.717, 1.165) is 6.42 Å². The van der Waals surface area contributed by atoms with E-state index in [2.05, 4.69) is 0 Å². The van der Waals surface area contributed by atoms with Gasteiger partial charge in [0, 0.05) is 31.8 Å². The van der Waals surface area contributed by atoms with Gasteiger partial charge in [0.1, 0.15) is 4.90 Å². The molecule has 1 heterocycles. The van der Waals surface area contributed by atoms with Gasteiger partial charge in [0.15, 0.2) is 11.5 Å². The molecule has 0 unspecified atom stereocenters. The zero-order valence-electron chi connectivity index (χ0n) is 14.5. The highest BCUT2D eigenvalue weighted by molar-refractivity contribution is 7.89. The molecule has 0 aliphatic carbocycles. The van der Waals surface area contributed by atoms with E-state index in [0.29, 0.717) is 50.6 Å². The molecule has 2 N–H and O–H groups in total. The summed E-state index contributed by atoms with van der Waals surface area (Å²) >= 11 is 6.18. The van der Waals surface area contributed by atoms with Crippen molar-refractivity contribution in [2.75, 3.05) is 40.5 Å². The number of rotatable bonds is 8. The van der Waals surface area contributed by atoms with Crippen LogP contribution in [0.3, 0.4) is 0 Å². The third kappa shape index (κ3) is 4.77. The number of nitrogens with zero attached hydrogens (tertiary/aromatic N) is 1. The van der Waals surface area contributed by atoms with Gasteiger partial charge in [-0.3, -0.25) is 0 Å². The van der Waals surface area contributed by atoms with Gasteiger partial charge in [-0.05, 0) is 25.8 Å². The molecule has 0 radical (unpaired) electrons. The Morgan fingerprint density at radius 2 is 1.80 bits per heavy atom. The Morgan fingerprint density at radius 1 is 1.20 bits per heavy atom. The van der Waals surface area contributed by atoms with E-state index >= 15 is 0 Å². The lowest BCUT2D eigenvalue weighted by Gasteiger charge is -2.31. The second-order valence-corrected chi connectivity index (χ2v) is 8.07. The maximum atomic E-state index is 12.9. The smallest absolute Gasteiger partial charge is 0.244 e. The first-order valence-corrected chi connectivity index (χ1v) is 9.99. The minimum absolute atomic E-state index is 0.0225. The molecule has 2 rings (SSSR count). The van der Waals surface area contributed by atoms with E-state index in [1.807, 2.05) is 0 Å². The zero-order chi connectivity index (χ0) is 18.4. The normalized spacial score (nSPS) is 16.8. The summed E-state index contributed by atoms with van der Waals surface area (Å²) in [4.78, 5) is 0.0225. The van der Waals surface area contributed by atoms with E-state index in [9.17, 15) is 8.42 Å². The number of benzene rings is 1. The van der Waals surface area contributed by atoms with Crippen molar-refractivity contribution in [2.45, 2.75) is 30.3 Å². The van der Waals surface area contributed by atoms with Crippen LogP contribution in [0, 0.1) is 0 Å². The van der Waals surface area contributed by atoms with E-state index in [4.69, 9.17) is 31.5 Å². The molecule has 0 spiro atoms. The summed E-state index contributed by atoms with van der Waals surface area (Å²) in [5.74, 6) is 0.712. The van der Waals surface area contributed by atoms with Crippen molar-refractivity contribution in [1.29, 1.82) is 0 Å². The van der Waals surface area contributed by atoms with Gasteiger partial charge in [0.25, 0.3) is 0 Å². The van der Waals surface area contributed by atoms with Crippen molar-refractivity contribution >= 4 is 21.6 Å². The highest BCUT2D eigenvalue weighted by Gasteiger charge is 2.32. The standard InChI is InChI=1S/C16H25ClN2O5S/c1-22-14-10-13(17)16(11-15(14)23-2)25(20,21)19-7-4-12(5-8-19)24-9-3-6-18/h10-12H,3-9,18H2,1-2H3. The van der Waals surface area contributed by atoms with E-state index < -0.39 is 10.0 Å². The van der Waals surface area contributed by atoms with Crippen LogP contribution in [0.15, 0.2) is 17.0 Å². The van der Waals surface area contributed by atoms with Crippen LogP contribution in [0.1, 0.15) is 19.3 Å². The van der Waals surface area contributed by atoms with Crippen LogP contribution in [-0.4, -0.2) is 59.3 Å². The SMILES string of the molecule is COc1cc(Cl)c(S(=O)(=O)N2CCC(OCCCN)CC2)cc1OC. The number of nitrogens with two attached hydrogens (primary N) is 1. The highest BCUT2D eigenvalue weighted by atomic mass is 35.5. The van der Waals surface area contributed by atoms with Crippen molar-refractivity contribution < 1.29 is 22.6 Å². The Bertz CT molecular complexity index is 675. The first-order chi connectivity index (χ1) is 11.9. The van der Waals surface area contributed by atoms with Gasteiger partial charge in [0.2, 0.25) is 10.0 Å². The first-order valence-electron chi connectivity index (χ1n) is 8.17. The number of sulfonamides is 1. The van der Waals surface area contributed by atoms with Gasteiger partial charge >= 0.3 is 0 Å². The summed E-state index contributed by atoms with van der Waals surface area (Å²) in [5.41, 5.74) is 5.45. The molecule has 9 heteroatoms. The Hall–Kier alpha value is -1.06. The van der Waals surface area contributed by atoms with Gasteiger partial charge in [0.05, 0.1) is 25.3 Å². The summed E-state index contributed by atoms with van der Waals surface area (Å²) in [6.45, 7) is 1.97. The van der Waals surface area contributed by atoms with Crippen LogP contribution in [0.2, 0.25) is 5.02 Å². The fourth-order valence-corrected chi connectivity index (χ4v) is 4.72. The molecule has 0 atom stereocenters. The number of ether oxygens (including phenoxy) is 3. The Balaban J connectivity index is 2.12. The molecular weight excluding hydrogens is 368 g/mol. The monoisotopic (exact) mass is 392 g/mol. The van der Waals surface area contributed by atoms with Crippen molar-refractivity contribution in [3.05, 3.63) is 17.2 Å². The van der Waals surface area contributed by atoms with E-state index in [1.165, 1.54) is 30.7 Å². The second-order valence-electron chi connectivity index (χ2n) is 5.75. The molecule has 0 aromatic heterocycles. The van der Waals surface area contributed by atoms with Crippen LogP contribution >= 0.6 is 11.6 Å². The van der Waals surface area contributed by atoms with Crippen LogP contribution in [0.5, 0.6) is 11.5 Å². The van der Waals surface area contributed by atoms with Gasteiger partial charge < -0.3 is 19.9 Å². The van der Waals surface area contributed by atoms with Crippen molar-refractivity contribution in [3.63, 3.8) is 0 Å². The lowest BCUT2D eigenvalue weighted by Crippen LogP contribution is -2.41. The third-order valence-corrected chi connectivity index (χ3v) is 6.52. The molecule has 0 bridgehead atoms. The largest absolute Gasteiger partial charge is 0.493 e. The molecule has 25 heavy (non-hydrogen) atoms. The van der Waals surface area contributed by atoms with Crippen LogP contribution in [-0.2, 0) is 14.8 Å². The zero-order valence-corrected chi connectivity index (χ0v) is 16.1. The molecule has 1 aliphatic heterocycles. The molecule has 1 fully saturated rings. The molecule has 142 valence electrons. The molecule has 1 aliphatic rings. The summed E-state index contributed by atoms with van der Waals surface area (Å²) in [5, 5.41) is 0.110. The second kappa shape index (κ2) is 9.05. The average molecular weight is 393 g/mol. The maximum absolute atomic E-state index is 12.9. The number of hydrogen-bond acceptors (Lipinski definition) is 6. The predicted molar refractivity (Wildman–Crippen MR) is 96.0 cm³/mol. The summed E-state index contributed by atoms with van der Waals surface area (Å²) in [6, 6.07) is 2.86. The lowest BCUT2D eigenvalue weighted by molar-refractivity contribution is 0.0209. The number of halogens is 1. The fraction of sp³-hybridized carbons (Fsp3) is 0.625. The quantitative estimate of drug-likeness (QED) is 0.679. The summed E-state index contributed by atoms with van der Waals surface area (Å²) in [6.07, 6.45) is 2.17. The Morgan fingerprint density at radius 3 is 2.36 bits per heavy atom. The lowest BCUT2D eigenvalue weighted by atomic mass is 10.1. The van der Waals surface area contributed by atoms with Crippen molar-refractivity contribution in [3.8, 4) is 11.5 Å². The third-order valence-electron chi connectivity index (χ3n) is 4.16. The van der Waals surface area contributed by atoms with Gasteiger partial charge in [-0.25, -0.2) is 8.42 Å². The fourth-order valence-electron chi connectivity index (χ4n) is 2.74. The Labute approximate surface area is 154 Å². The predicted octanol–water partition coefficient (Wildman–Crippen LogP) is 1.88. The molecule has 7 nitrogen and oxygen atoms in total. The topological polar surface area (TPSA) is 91.1 Å². The molecular formula is C16H25ClN2O5S. The maximum Gasteiger partial charge on any atom is 0.244 e. The average Bonchev–Trinajstić information content (AvgIpc) is 2.61. The molecule has 1 aromatic rings. The van der Waals surface area contributed by atoms with E-state index in [1.54, 1.807) is 0 Å². The van der Waals surface area contributed by atoms with Crippen molar-refractivity contribution in [1.82, 2.24) is 4.31 Å². The minimum atomic E-state index is -3.71. The van der Waals surface area contributed by atoms with Crippen LogP contribution in [0.25, 0.3) is 0 Å².